The molecule has 0 aromatic carbocycles. The third-order valence-electron chi connectivity index (χ3n) is 2.15. The fourth-order valence-electron chi connectivity index (χ4n) is 1.56. The Morgan fingerprint density at radius 3 is 3.31 bits per heavy atom. The zero-order valence-corrected chi connectivity index (χ0v) is 10.4. The number of rotatable bonds is 2. The monoisotopic (exact) mass is 327 g/mol. The third kappa shape index (κ3) is 1.95. The van der Waals surface area contributed by atoms with E-state index in [0.717, 1.165) is 29.1 Å². The van der Waals surface area contributed by atoms with Gasteiger partial charge in [-0.3, -0.25) is 9.17 Å². The molecular weight excluding hydrogens is 321 g/mol. The summed E-state index contributed by atoms with van der Waals surface area (Å²) in [7, 11) is 1.36. The van der Waals surface area contributed by atoms with Crippen LogP contribution in [-0.2, 0) is 10.6 Å². The lowest BCUT2D eigenvalue weighted by Gasteiger charge is -2.07. The van der Waals surface area contributed by atoms with Crippen LogP contribution in [0.15, 0.2) is 12.3 Å². The fourth-order valence-corrected chi connectivity index (χ4v) is 2.83. The first-order valence-corrected chi connectivity index (χ1v) is 7.56. The number of hydrogen-bond donors (Lipinski definition) is 0. The second-order valence-corrected chi connectivity index (χ2v) is 4.65. The molecule has 0 saturated carbocycles. The molecule has 0 amide bonds. The highest BCUT2D eigenvalue weighted by molar-refractivity contribution is 14.2. The molecule has 1 aliphatic rings. The van der Waals surface area contributed by atoms with Gasteiger partial charge < -0.3 is 0 Å². The van der Waals surface area contributed by atoms with Crippen LogP contribution in [0.3, 0.4) is 0 Å². The van der Waals surface area contributed by atoms with Gasteiger partial charge in [-0.1, -0.05) is 11.6 Å². The number of aromatic nitrogens is 1. The second-order valence-electron chi connectivity index (χ2n) is 2.84. The minimum Gasteiger partial charge on any atom is -0.296 e. The van der Waals surface area contributed by atoms with Crippen LogP contribution in [0.2, 0.25) is 5.02 Å². The summed E-state index contributed by atoms with van der Waals surface area (Å²) in [6.45, 7) is 0. The van der Waals surface area contributed by atoms with Crippen molar-refractivity contribution in [1.29, 1.82) is 0 Å². The molecule has 0 bridgehead atoms. The molecule has 0 aliphatic heterocycles. The molecule has 5 heteroatoms. The smallest absolute Gasteiger partial charge is 0.116 e. The van der Waals surface area contributed by atoms with Crippen LogP contribution in [0.25, 0.3) is 0 Å². The summed E-state index contributed by atoms with van der Waals surface area (Å²) in [5.74, 6) is 0. The Labute approximate surface area is 98.2 Å². The molecule has 2 rings (SSSR count). The van der Waals surface area contributed by atoms with Crippen molar-refractivity contribution in [3.63, 3.8) is 0 Å². The number of nitrogens with zero attached hydrogens (tertiary/aromatic N) is 1. The molecule has 0 spiro atoms. The molecule has 0 fully saturated rings. The maximum absolute atomic E-state index is 6.03. The minimum atomic E-state index is 0.121. The van der Waals surface area contributed by atoms with Crippen LogP contribution in [0.4, 0.5) is 0 Å². The van der Waals surface area contributed by atoms with Crippen molar-refractivity contribution in [3.8, 4) is 0 Å². The normalized spacial score (nSPS) is 20.3. The molecule has 13 heavy (non-hydrogen) atoms. The highest BCUT2D eigenvalue weighted by Gasteiger charge is 2.26. The van der Waals surface area contributed by atoms with Gasteiger partial charge in [0.05, 0.1) is 14.9 Å². The number of fused-ring (bicyclic) bond motifs is 1. The minimum absolute atomic E-state index is 0.121. The van der Waals surface area contributed by atoms with Crippen LogP contribution in [-0.4, -0.2) is 4.98 Å². The van der Waals surface area contributed by atoms with E-state index < -0.39 is 0 Å². The fraction of sp³-hybridized carbons (Fsp3) is 0.375. The summed E-state index contributed by atoms with van der Waals surface area (Å²) in [6, 6.07) is 1.83. The van der Waals surface area contributed by atoms with E-state index in [2.05, 4.69) is 26.2 Å². The lowest BCUT2D eigenvalue weighted by atomic mass is 10.2. The van der Waals surface area contributed by atoms with Crippen molar-refractivity contribution in [2.45, 2.75) is 18.9 Å². The average molecular weight is 328 g/mol. The maximum Gasteiger partial charge on any atom is 0.116 e. The van der Waals surface area contributed by atoms with Gasteiger partial charge in [0.1, 0.15) is 6.10 Å². The lowest BCUT2D eigenvalue weighted by Crippen LogP contribution is -1.96. The third-order valence-corrected chi connectivity index (χ3v) is 3.43. The van der Waals surface area contributed by atoms with E-state index in [1.165, 1.54) is 9.21 Å². The van der Waals surface area contributed by atoms with Crippen molar-refractivity contribution in [3.05, 3.63) is 28.5 Å². The van der Waals surface area contributed by atoms with E-state index in [1.54, 1.807) is 6.20 Å². The van der Waals surface area contributed by atoms with E-state index in [0.29, 0.717) is 0 Å². The Kier molecular flexibility index (Phi) is 3.34. The number of hydrogen-bond acceptors (Lipinski definition) is 3. The molecule has 1 heterocycles. The van der Waals surface area contributed by atoms with Crippen LogP contribution in [0.5, 0.6) is 0 Å². The topological polar surface area (TPSA) is 22.1 Å². The van der Waals surface area contributed by atoms with Crippen molar-refractivity contribution < 1.29 is 4.18 Å². The first-order chi connectivity index (χ1) is 6.33. The van der Waals surface area contributed by atoms with Crippen LogP contribution < -0.4 is 0 Å². The zero-order valence-electron chi connectivity index (χ0n) is 6.67. The first kappa shape index (κ1) is 10.0. The van der Waals surface area contributed by atoms with E-state index in [-0.39, 0.29) is 6.10 Å². The van der Waals surface area contributed by atoms with E-state index >= 15 is 0 Å². The molecule has 0 radical (unpaired) electrons. The van der Waals surface area contributed by atoms with Gasteiger partial charge in [-0.2, -0.15) is 0 Å². The second kappa shape index (κ2) is 4.33. The summed E-state index contributed by atoms with van der Waals surface area (Å²) in [6.07, 6.45) is 3.82. The van der Waals surface area contributed by atoms with Crippen molar-refractivity contribution in [1.82, 2.24) is 4.98 Å². The summed E-state index contributed by atoms with van der Waals surface area (Å²) in [4.78, 5) is 4.29. The molecule has 0 saturated heterocycles. The quantitative estimate of drug-likeness (QED) is 0.610. The highest BCUT2D eigenvalue weighted by Crippen LogP contribution is 2.39. The molecule has 0 unspecified atom stereocenters. The van der Waals surface area contributed by atoms with E-state index in [9.17, 15) is 0 Å². The predicted molar refractivity (Wildman–Crippen MR) is 63.0 cm³/mol. The number of halogens is 2. The highest BCUT2D eigenvalue weighted by atomic mass is 127. The molecule has 1 aromatic rings. The molecule has 1 atom stereocenters. The predicted octanol–water partition coefficient (Wildman–Crippen LogP) is 3.74. The number of pyridine rings is 1. The molecule has 0 N–H and O–H groups in total. The van der Waals surface area contributed by atoms with Crippen LogP contribution in [0, 0.1) is 0 Å². The summed E-state index contributed by atoms with van der Waals surface area (Å²) in [5.41, 5.74) is 2.16. The lowest BCUT2D eigenvalue weighted by molar-refractivity contribution is 0.249. The van der Waals surface area contributed by atoms with E-state index in [4.69, 9.17) is 15.8 Å². The zero-order chi connectivity index (χ0) is 9.26. The van der Waals surface area contributed by atoms with Crippen LogP contribution in [0.1, 0.15) is 23.8 Å². The Hall–Kier alpha value is 0.480. The maximum atomic E-state index is 6.03. The van der Waals surface area contributed by atoms with Gasteiger partial charge in [0.25, 0.3) is 0 Å². The van der Waals surface area contributed by atoms with E-state index in [1.807, 2.05) is 6.07 Å². The van der Waals surface area contributed by atoms with Crippen LogP contribution >= 0.6 is 42.0 Å². The molecular formula is C8H7ClINOS. The standard InChI is InChI=1S/C8H7ClINOS/c9-6-3-4-11-8-5(6)1-2-7(8)12-13-10/h3-4,7H,1-2H2/t7-/m1/s1. The Balaban J connectivity index is 2.32. The summed E-state index contributed by atoms with van der Waals surface area (Å²) in [5, 5.41) is 0.814. The first-order valence-electron chi connectivity index (χ1n) is 3.90. The molecule has 1 aliphatic carbocycles. The molecule has 1 aromatic heterocycles. The largest absolute Gasteiger partial charge is 0.296 e. The van der Waals surface area contributed by atoms with Crippen molar-refractivity contribution in [2.75, 3.05) is 0 Å². The Bertz CT molecular complexity index is 323. The Morgan fingerprint density at radius 2 is 2.54 bits per heavy atom. The van der Waals surface area contributed by atoms with Crippen molar-refractivity contribution in [2.24, 2.45) is 0 Å². The van der Waals surface area contributed by atoms with Gasteiger partial charge in [0, 0.05) is 32.4 Å². The van der Waals surface area contributed by atoms with Crippen molar-refractivity contribution >= 4 is 42.0 Å². The summed E-state index contributed by atoms with van der Waals surface area (Å²) >= 11 is 8.15. The van der Waals surface area contributed by atoms with Gasteiger partial charge >= 0.3 is 0 Å². The molecule has 2 nitrogen and oxygen atoms in total. The van der Waals surface area contributed by atoms with Gasteiger partial charge in [-0.15, -0.1) is 0 Å². The Morgan fingerprint density at radius 1 is 1.69 bits per heavy atom. The average Bonchev–Trinajstić information content (AvgIpc) is 2.51. The van der Waals surface area contributed by atoms with Gasteiger partial charge in [-0.05, 0) is 24.5 Å². The van der Waals surface area contributed by atoms with Gasteiger partial charge in [-0.25, -0.2) is 0 Å². The van der Waals surface area contributed by atoms with Gasteiger partial charge in [0.15, 0.2) is 0 Å². The SMILES string of the molecule is Clc1ccnc2c1CC[C@H]2OSI. The van der Waals surface area contributed by atoms with Gasteiger partial charge in [0.2, 0.25) is 0 Å². The molecule has 70 valence electrons. The summed E-state index contributed by atoms with van der Waals surface area (Å²) < 4.78 is 5.47.